The van der Waals surface area contributed by atoms with E-state index in [2.05, 4.69) is 17.1 Å². The Balaban J connectivity index is 2.03. The molecule has 0 atom stereocenters. The second-order valence-electron chi connectivity index (χ2n) is 4.83. The third-order valence-corrected chi connectivity index (χ3v) is 3.32. The number of aryl methyl sites for hydroxylation is 1. The van der Waals surface area contributed by atoms with Crippen molar-refractivity contribution in [1.82, 2.24) is 4.98 Å². The van der Waals surface area contributed by atoms with Gasteiger partial charge in [0.2, 0.25) is 5.89 Å². The predicted octanol–water partition coefficient (Wildman–Crippen LogP) is 3.87. The second kappa shape index (κ2) is 5.40. The van der Waals surface area contributed by atoms with Crippen molar-refractivity contribution in [3.05, 3.63) is 53.9 Å². The summed E-state index contributed by atoms with van der Waals surface area (Å²) in [7, 11) is 0. The Hall–Kier alpha value is -2.62. The van der Waals surface area contributed by atoms with E-state index in [9.17, 15) is 4.79 Å². The van der Waals surface area contributed by atoms with Crippen molar-refractivity contribution in [3.8, 4) is 11.5 Å². The van der Waals surface area contributed by atoms with Gasteiger partial charge in [-0.2, -0.15) is 0 Å². The van der Waals surface area contributed by atoms with Gasteiger partial charge in [-0.15, -0.1) is 0 Å². The highest BCUT2D eigenvalue weighted by Gasteiger charge is 2.14. The Morgan fingerprint density at radius 3 is 2.76 bits per heavy atom. The van der Waals surface area contributed by atoms with Gasteiger partial charge in [-0.25, -0.2) is 4.98 Å². The molecule has 0 amide bonds. The highest BCUT2D eigenvalue weighted by molar-refractivity contribution is 5.94. The molecular weight excluding hydrogens is 266 g/mol. The number of hydrogen-bond acceptors (Lipinski definition) is 4. The summed E-state index contributed by atoms with van der Waals surface area (Å²) in [5, 5.41) is 2.22. The summed E-state index contributed by atoms with van der Waals surface area (Å²) in [5.41, 5.74) is 1.58. The molecule has 0 bridgehead atoms. The van der Waals surface area contributed by atoms with Crippen LogP contribution < -0.4 is 0 Å². The molecule has 106 valence electrons. The zero-order chi connectivity index (χ0) is 14.8. The molecule has 0 N–H and O–H groups in total. The van der Waals surface area contributed by atoms with Gasteiger partial charge in [0.1, 0.15) is 18.1 Å². The number of benzene rings is 2. The minimum absolute atomic E-state index is 0.134. The molecule has 0 aliphatic carbocycles. The van der Waals surface area contributed by atoms with Crippen LogP contribution in [0.1, 0.15) is 18.4 Å². The molecule has 3 rings (SSSR count). The molecular formula is C17H15NO3. The average molecular weight is 281 g/mol. The van der Waals surface area contributed by atoms with Crippen molar-refractivity contribution in [3.63, 3.8) is 0 Å². The lowest BCUT2D eigenvalue weighted by molar-refractivity contribution is -0.142. The maximum absolute atomic E-state index is 10.9. The minimum Gasteiger partial charge on any atom is -0.459 e. The zero-order valence-corrected chi connectivity index (χ0v) is 11.9. The maximum atomic E-state index is 10.9. The first-order valence-corrected chi connectivity index (χ1v) is 6.73. The molecule has 0 spiro atoms. The number of oxazole rings is 1. The van der Waals surface area contributed by atoms with Gasteiger partial charge in [-0.3, -0.25) is 4.79 Å². The molecule has 0 saturated carbocycles. The molecule has 4 heteroatoms. The molecule has 1 heterocycles. The van der Waals surface area contributed by atoms with Crippen molar-refractivity contribution < 1.29 is 13.9 Å². The number of carbonyl (C=O) groups is 1. The van der Waals surface area contributed by atoms with Crippen LogP contribution in [0.2, 0.25) is 0 Å². The van der Waals surface area contributed by atoms with Crippen LogP contribution in [0.25, 0.3) is 22.2 Å². The standard InChI is InChI=1S/C17H15NO3/c1-11-16(10-20-12(2)19)18-17(21-11)15-9-5-7-13-6-3-4-8-14(13)15/h3-9H,10H2,1-2H3. The third-order valence-electron chi connectivity index (χ3n) is 3.32. The van der Waals surface area contributed by atoms with Crippen LogP contribution in [0.5, 0.6) is 0 Å². The van der Waals surface area contributed by atoms with Crippen molar-refractivity contribution in [2.45, 2.75) is 20.5 Å². The van der Waals surface area contributed by atoms with E-state index in [1.165, 1.54) is 6.92 Å². The van der Waals surface area contributed by atoms with Crippen LogP contribution >= 0.6 is 0 Å². The van der Waals surface area contributed by atoms with Crippen molar-refractivity contribution in [2.24, 2.45) is 0 Å². The first-order chi connectivity index (χ1) is 10.1. The zero-order valence-electron chi connectivity index (χ0n) is 11.9. The van der Waals surface area contributed by atoms with E-state index < -0.39 is 0 Å². The topological polar surface area (TPSA) is 52.3 Å². The Morgan fingerprint density at radius 2 is 1.95 bits per heavy atom. The van der Waals surface area contributed by atoms with Crippen molar-refractivity contribution in [1.29, 1.82) is 0 Å². The molecule has 0 fully saturated rings. The monoisotopic (exact) mass is 281 g/mol. The average Bonchev–Trinajstić information content (AvgIpc) is 2.85. The summed E-state index contributed by atoms with van der Waals surface area (Å²) in [6.45, 7) is 3.33. The summed E-state index contributed by atoms with van der Waals surface area (Å²) >= 11 is 0. The van der Waals surface area contributed by atoms with Gasteiger partial charge in [0, 0.05) is 12.5 Å². The SMILES string of the molecule is CC(=O)OCc1nc(-c2cccc3ccccc23)oc1C. The van der Waals surface area contributed by atoms with Crippen molar-refractivity contribution in [2.75, 3.05) is 0 Å². The van der Waals surface area contributed by atoms with Crippen LogP contribution in [0, 0.1) is 6.92 Å². The molecule has 0 aliphatic rings. The Kier molecular flexibility index (Phi) is 3.44. The second-order valence-corrected chi connectivity index (χ2v) is 4.83. The molecule has 0 saturated heterocycles. The third kappa shape index (κ3) is 2.65. The molecule has 4 nitrogen and oxygen atoms in total. The van der Waals surface area contributed by atoms with E-state index in [4.69, 9.17) is 9.15 Å². The summed E-state index contributed by atoms with van der Waals surface area (Å²) in [6, 6.07) is 14.1. The summed E-state index contributed by atoms with van der Waals surface area (Å²) in [4.78, 5) is 15.4. The lowest BCUT2D eigenvalue weighted by Crippen LogP contribution is -2.00. The fraction of sp³-hybridized carbons (Fsp3) is 0.176. The van der Waals surface area contributed by atoms with Crippen molar-refractivity contribution >= 4 is 16.7 Å². The van der Waals surface area contributed by atoms with E-state index in [0.29, 0.717) is 17.3 Å². The van der Waals surface area contributed by atoms with E-state index in [-0.39, 0.29) is 12.6 Å². The number of nitrogens with zero attached hydrogens (tertiary/aromatic N) is 1. The van der Waals surface area contributed by atoms with Gasteiger partial charge in [0.15, 0.2) is 0 Å². The van der Waals surface area contributed by atoms with E-state index >= 15 is 0 Å². The summed E-state index contributed by atoms with van der Waals surface area (Å²) in [5.74, 6) is 0.884. The maximum Gasteiger partial charge on any atom is 0.303 e. The molecule has 2 aromatic carbocycles. The number of rotatable bonds is 3. The van der Waals surface area contributed by atoms with Gasteiger partial charge in [-0.1, -0.05) is 36.4 Å². The summed E-state index contributed by atoms with van der Waals surface area (Å²) < 4.78 is 10.7. The molecule has 3 aromatic rings. The van der Waals surface area contributed by atoms with Crippen LogP contribution in [0.3, 0.4) is 0 Å². The number of fused-ring (bicyclic) bond motifs is 1. The molecule has 21 heavy (non-hydrogen) atoms. The van der Waals surface area contributed by atoms with Crippen LogP contribution in [-0.4, -0.2) is 11.0 Å². The Labute approximate surface area is 122 Å². The Morgan fingerprint density at radius 1 is 1.19 bits per heavy atom. The lowest BCUT2D eigenvalue weighted by atomic mass is 10.0. The molecule has 0 radical (unpaired) electrons. The highest BCUT2D eigenvalue weighted by Crippen LogP contribution is 2.29. The van der Waals surface area contributed by atoms with Gasteiger partial charge in [-0.05, 0) is 23.8 Å². The quantitative estimate of drug-likeness (QED) is 0.684. The number of esters is 1. The van der Waals surface area contributed by atoms with E-state index in [1.54, 1.807) is 0 Å². The van der Waals surface area contributed by atoms with Gasteiger partial charge in [0.25, 0.3) is 0 Å². The molecule has 0 aliphatic heterocycles. The predicted molar refractivity (Wildman–Crippen MR) is 79.7 cm³/mol. The minimum atomic E-state index is -0.330. The lowest BCUT2D eigenvalue weighted by Gasteiger charge is -2.02. The van der Waals surface area contributed by atoms with E-state index in [0.717, 1.165) is 16.3 Å². The van der Waals surface area contributed by atoms with E-state index in [1.807, 2.05) is 37.3 Å². The number of ether oxygens (including phenoxy) is 1. The van der Waals surface area contributed by atoms with Crippen LogP contribution in [-0.2, 0) is 16.1 Å². The molecule has 0 unspecified atom stereocenters. The summed E-state index contributed by atoms with van der Waals surface area (Å²) in [6.07, 6.45) is 0. The van der Waals surface area contributed by atoms with Crippen LogP contribution in [0.15, 0.2) is 46.9 Å². The first kappa shape index (κ1) is 13.4. The van der Waals surface area contributed by atoms with Gasteiger partial charge < -0.3 is 9.15 Å². The van der Waals surface area contributed by atoms with Crippen LogP contribution in [0.4, 0.5) is 0 Å². The van der Waals surface area contributed by atoms with Gasteiger partial charge in [0.05, 0.1) is 0 Å². The smallest absolute Gasteiger partial charge is 0.303 e. The first-order valence-electron chi connectivity index (χ1n) is 6.73. The highest BCUT2D eigenvalue weighted by atomic mass is 16.5. The molecule has 1 aromatic heterocycles. The fourth-order valence-electron chi connectivity index (χ4n) is 2.26. The normalized spacial score (nSPS) is 10.8. The largest absolute Gasteiger partial charge is 0.459 e. The number of aromatic nitrogens is 1. The number of carbonyl (C=O) groups excluding carboxylic acids is 1. The Bertz CT molecular complexity index is 799. The number of hydrogen-bond donors (Lipinski definition) is 0. The van der Waals surface area contributed by atoms with Gasteiger partial charge >= 0.3 is 5.97 Å². The fourth-order valence-corrected chi connectivity index (χ4v) is 2.26.